The second kappa shape index (κ2) is 5.39. The lowest BCUT2D eigenvalue weighted by molar-refractivity contribution is -0.232. The van der Waals surface area contributed by atoms with Crippen LogP contribution in [0, 0.1) is 10.8 Å². The molecule has 4 aliphatic rings. The van der Waals surface area contributed by atoms with Crippen molar-refractivity contribution >= 4 is 17.7 Å². The molecule has 4 rings (SSSR count). The van der Waals surface area contributed by atoms with Gasteiger partial charge in [0, 0.05) is 19.3 Å². The Kier molecular flexibility index (Phi) is 3.66. The maximum Gasteiger partial charge on any atom is 0.303 e. The van der Waals surface area contributed by atoms with Gasteiger partial charge in [-0.3, -0.25) is 14.4 Å². The van der Waals surface area contributed by atoms with Gasteiger partial charge >= 0.3 is 11.9 Å². The molecule has 2 aliphatic heterocycles. The van der Waals surface area contributed by atoms with Crippen molar-refractivity contribution in [1.82, 2.24) is 0 Å². The topological polar surface area (TPSA) is 91.4 Å². The molecule has 0 N–H and O–H groups in total. The number of fused-ring (bicyclic) bond motifs is 2. The van der Waals surface area contributed by atoms with Crippen LogP contribution in [0.4, 0.5) is 0 Å². The zero-order valence-electron chi connectivity index (χ0n) is 15.5. The Morgan fingerprint density at radius 1 is 1.31 bits per heavy atom. The number of ether oxygens (including phenoxy) is 4. The van der Waals surface area contributed by atoms with Crippen LogP contribution in [0.2, 0.25) is 0 Å². The molecular formula is C19H24O7. The van der Waals surface area contributed by atoms with Gasteiger partial charge in [0.2, 0.25) is 5.78 Å². The number of carbonyl (C=O) groups excluding carboxylic acids is 3. The molecule has 1 spiro atoms. The number of carbonyl (C=O) groups is 3. The predicted molar refractivity (Wildman–Crippen MR) is 88.1 cm³/mol. The van der Waals surface area contributed by atoms with Gasteiger partial charge in [-0.25, -0.2) is 0 Å². The molecule has 0 aromatic rings. The third kappa shape index (κ3) is 1.98. The zero-order chi connectivity index (χ0) is 18.9. The average molecular weight is 364 g/mol. The predicted octanol–water partition coefficient (Wildman–Crippen LogP) is 1.33. The monoisotopic (exact) mass is 364 g/mol. The lowest BCUT2D eigenvalue weighted by atomic mass is 9.51. The lowest BCUT2D eigenvalue weighted by Crippen LogP contribution is -2.66. The maximum absolute atomic E-state index is 13.1. The minimum absolute atomic E-state index is 0.0934. The van der Waals surface area contributed by atoms with Crippen molar-refractivity contribution in [2.75, 3.05) is 13.2 Å². The highest BCUT2D eigenvalue weighted by Crippen LogP contribution is 2.71. The van der Waals surface area contributed by atoms with Crippen molar-refractivity contribution in [1.29, 1.82) is 0 Å². The van der Waals surface area contributed by atoms with E-state index in [1.807, 2.05) is 19.9 Å². The molecular weight excluding hydrogens is 340 g/mol. The normalized spacial score (nSPS) is 45.8. The van der Waals surface area contributed by atoms with Crippen molar-refractivity contribution in [3.05, 3.63) is 11.6 Å². The molecule has 0 aromatic heterocycles. The highest BCUT2D eigenvalue weighted by atomic mass is 16.6. The SMILES string of the molecule is CC(=O)OC[C@]12CCC(C)=C[C@H]1O[C@H]1C(=O)[C@@H](OC(C)=O)[C@@]2(C)[C@]12CO2. The number of hydrogen-bond donors (Lipinski definition) is 0. The number of epoxide rings is 1. The average Bonchev–Trinajstić information content (AvgIpc) is 3.34. The largest absolute Gasteiger partial charge is 0.465 e. The smallest absolute Gasteiger partial charge is 0.303 e. The first-order valence-electron chi connectivity index (χ1n) is 8.99. The van der Waals surface area contributed by atoms with Crippen LogP contribution in [0.15, 0.2) is 11.6 Å². The van der Waals surface area contributed by atoms with Gasteiger partial charge in [0.05, 0.1) is 18.1 Å². The fourth-order valence-electron chi connectivity index (χ4n) is 5.35. The quantitative estimate of drug-likeness (QED) is 0.424. The van der Waals surface area contributed by atoms with Crippen LogP contribution in [0.25, 0.3) is 0 Å². The molecule has 2 heterocycles. The molecule has 0 aromatic carbocycles. The Morgan fingerprint density at radius 3 is 2.58 bits per heavy atom. The van der Waals surface area contributed by atoms with Crippen LogP contribution >= 0.6 is 0 Å². The number of esters is 2. The van der Waals surface area contributed by atoms with Gasteiger partial charge in [-0.15, -0.1) is 0 Å². The summed E-state index contributed by atoms with van der Waals surface area (Å²) >= 11 is 0. The second-order valence-electron chi connectivity index (χ2n) is 8.16. The van der Waals surface area contributed by atoms with E-state index in [-0.39, 0.29) is 12.4 Å². The molecule has 142 valence electrons. The molecule has 6 atom stereocenters. The third-order valence-electron chi connectivity index (χ3n) is 6.88. The number of ketones is 1. The summed E-state index contributed by atoms with van der Waals surface area (Å²) in [6.45, 7) is 7.06. The summed E-state index contributed by atoms with van der Waals surface area (Å²) in [7, 11) is 0. The lowest BCUT2D eigenvalue weighted by Gasteiger charge is -2.57. The molecule has 2 saturated heterocycles. The molecule has 0 amide bonds. The first-order chi connectivity index (χ1) is 12.2. The van der Waals surface area contributed by atoms with E-state index < -0.39 is 46.7 Å². The Morgan fingerprint density at radius 2 is 2.00 bits per heavy atom. The molecule has 7 nitrogen and oxygen atoms in total. The van der Waals surface area contributed by atoms with Crippen LogP contribution in [0.5, 0.6) is 0 Å². The third-order valence-corrected chi connectivity index (χ3v) is 6.88. The van der Waals surface area contributed by atoms with E-state index in [0.29, 0.717) is 13.0 Å². The highest BCUT2D eigenvalue weighted by molar-refractivity contribution is 5.96. The van der Waals surface area contributed by atoms with Crippen LogP contribution in [0.3, 0.4) is 0 Å². The molecule has 26 heavy (non-hydrogen) atoms. The van der Waals surface area contributed by atoms with Gasteiger partial charge in [0.15, 0.2) is 12.2 Å². The summed E-state index contributed by atoms with van der Waals surface area (Å²) in [4.78, 5) is 36.4. The molecule has 2 bridgehead atoms. The highest BCUT2D eigenvalue weighted by Gasteiger charge is 2.86. The summed E-state index contributed by atoms with van der Waals surface area (Å²) < 4.78 is 23.0. The fraction of sp³-hybridized carbons (Fsp3) is 0.737. The fourth-order valence-corrected chi connectivity index (χ4v) is 5.35. The molecule has 0 unspecified atom stereocenters. The van der Waals surface area contributed by atoms with Gasteiger partial charge in [0.1, 0.15) is 12.2 Å². The van der Waals surface area contributed by atoms with E-state index in [2.05, 4.69) is 0 Å². The van der Waals surface area contributed by atoms with Gasteiger partial charge in [-0.2, -0.15) is 0 Å². The van der Waals surface area contributed by atoms with E-state index >= 15 is 0 Å². The molecule has 2 aliphatic carbocycles. The van der Waals surface area contributed by atoms with E-state index in [0.717, 1.165) is 6.42 Å². The Balaban J connectivity index is 1.87. The summed E-state index contributed by atoms with van der Waals surface area (Å²) in [5.74, 6) is -1.17. The minimum Gasteiger partial charge on any atom is -0.465 e. The van der Waals surface area contributed by atoms with Crippen LogP contribution in [-0.4, -0.2) is 54.8 Å². The van der Waals surface area contributed by atoms with Crippen LogP contribution < -0.4 is 0 Å². The van der Waals surface area contributed by atoms with Gasteiger partial charge < -0.3 is 18.9 Å². The molecule has 3 fully saturated rings. The summed E-state index contributed by atoms with van der Waals surface area (Å²) in [5, 5.41) is 0. The van der Waals surface area contributed by atoms with Gasteiger partial charge in [-0.1, -0.05) is 18.6 Å². The van der Waals surface area contributed by atoms with E-state index in [1.165, 1.54) is 19.4 Å². The number of hydrogen-bond acceptors (Lipinski definition) is 7. The van der Waals surface area contributed by atoms with E-state index in [1.54, 1.807) is 0 Å². The minimum atomic E-state index is -0.972. The first-order valence-corrected chi connectivity index (χ1v) is 8.99. The van der Waals surface area contributed by atoms with Crippen molar-refractivity contribution in [3.63, 3.8) is 0 Å². The molecule has 0 radical (unpaired) electrons. The first kappa shape index (κ1) is 17.7. The van der Waals surface area contributed by atoms with Crippen LogP contribution in [0.1, 0.15) is 40.5 Å². The molecule has 1 saturated carbocycles. The summed E-state index contributed by atoms with van der Waals surface area (Å²) in [6.07, 6.45) is 1.32. The van der Waals surface area contributed by atoms with Crippen molar-refractivity contribution < 1.29 is 33.3 Å². The number of Topliss-reactive ketones (excluding diaryl/α,β-unsaturated/α-hetero) is 1. The van der Waals surface area contributed by atoms with Crippen molar-refractivity contribution in [3.8, 4) is 0 Å². The summed E-state index contributed by atoms with van der Waals surface area (Å²) in [6, 6.07) is 0. The van der Waals surface area contributed by atoms with Crippen molar-refractivity contribution in [2.24, 2.45) is 10.8 Å². The Hall–Kier alpha value is -1.73. The van der Waals surface area contributed by atoms with Crippen LogP contribution in [-0.2, 0) is 33.3 Å². The van der Waals surface area contributed by atoms with E-state index in [9.17, 15) is 14.4 Å². The molecule has 7 heteroatoms. The second-order valence-corrected chi connectivity index (χ2v) is 8.16. The van der Waals surface area contributed by atoms with Crippen molar-refractivity contribution in [2.45, 2.75) is 64.4 Å². The summed E-state index contributed by atoms with van der Waals surface area (Å²) in [5.41, 5.74) is -1.18. The standard InChI is InChI=1S/C19H24O7/c1-10-5-6-18(8-23-11(2)20)13(7-10)26-16-14(22)15(25-12(3)21)17(18,4)19(16)9-24-19/h7,13,15-16H,5-6,8-9H2,1-4H3/t13-,15-,16+,17-,18-,19+/m1/s1. The number of rotatable bonds is 3. The van der Waals surface area contributed by atoms with Gasteiger partial charge in [-0.05, 0) is 19.8 Å². The zero-order valence-corrected chi connectivity index (χ0v) is 15.5. The Bertz CT molecular complexity index is 721. The maximum atomic E-state index is 13.1. The Labute approximate surface area is 152 Å². The number of allylic oxidation sites excluding steroid dienone is 1. The van der Waals surface area contributed by atoms with E-state index in [4.69, 9.17) is 18.9 Å². The van der Waals surface area contributed by atoms with Gasteiger partial charge in [0.25, 0.3) is 0 Å².